The van der Waals surface area contributed by atoms with Crippen LogP contribution in [0.15, 0.2) is 36.7 Å². The van der Waals surface area contributed by atoms with Crippen molar-refractivity contribution >= 4 is 29.1 Å². The van der Waals surface area contributed by atoms with Crippen LogP contribution in [0, 0.1) is 0 Å². The third-order valence-electron chi connectivity index (χ3n) is 3.97. The van der Waals surface area contributed by atoms with Crippen molar-refractivity contribution < 1.29 is 14.6 Å². The van der Waals surface area contributed by atoms with Gasteiger partial charge in [-0.2, -0.15) is 0 Å². The molecule has 1 unspecified atom stereocenters. The van der Waals surface area contributed by atoms with Gasteiger partial charge in [-0.25, -0.2) is 0 Å². The number of hydrogen-bond acceptors (Lipinski definition) is 4. The number of hydrogen-bond donors (Lipinski definition) is 1. The zero-order valence-corrected chi connectivity index (χ0v) is 16.3. The molecule has 0 saturated heterocycles. The number of nitrogens with zero attached hydrogens (tertiary/aromatic N) is 2. The van der Waals surface area contributed by atoms with Crippen molar-refractivity contribution in [1.82, 2.24) is 9.88 Å². The summed E-state index contributed by atoms with van der Waals surface area (Å²) in [6, 6.07) is 6.82. The molecule has 0 saturated carbocycles. The molecule has 0 spiro atoms. The number of amides is 1. The summed E-state index contributed by atoms with van der Waals surface area (Å²) in [4.78, 5) is 18.4. The van der Waals surface area contributed by atoms with E-state index in [-0.39, 0.29) is 18.9 Å². The number of aliphatic hydroxyl groups is 1. The summed E-state index contributed by atoms with van der Waals surface area (Å²) in [6.45, 7) is 2.69. The Balaban J connectivity index is 2.11. The molecule has 5 nitrogen and oxygen atoms in total. The third-order valence-corrected chi connectivity index (χ3v) is 4.71. The number of methoxy groups -OCH3 is 1. The molecular formula is C19H22Cl2N2O3. The van der Waals surface area contributed by atoms with Crippen LogP contribution in [-0.2, 0) is 11.2 Å². The van der Waals surface area contributed by atoms with E-state index in [9.17, 15) is 9.90 Å². The minimum atomic E-state index is -0.886. The molecule has 0 fully saturated rings. The fraction of sp³-hybridized carbons (Fsp3) is 0.368. The maximum Gasteiger partial charge on any atom is 0.227 e. The van der Waals surface area contributed by atoms with Gasteiger partial charge in [0.15, 0.2) is 0 Å². The highest BCUT2D eigenvalue weighted by molar-refractivity contribution is 6.42. The van der Waals surface area contributed by atoms with Crippen molar-refractivity contribution in [3.63, 3.8) is 0 Å². The highest BCUT2D eigenvalue weighted by Crippen LogP contribution is 2.25. The molecule has 1 heterocycles. The molecule has 140 valence electrons. The molecule has 0 radical (unpaired) electrons. The molecule has 1 atom stereocenters. The first kappa shape index (κ1) is 20.5. The summed E-state index contributed by atoms with van der Waals surface area (Å²) in [6.07, 6.45) is 3.23. The fourth-order valence-electron chi connectivity index (χ4n) is 2.66. The normalized spacial score (nSPS) is 11.9. The molecule has 1 aromatic heterocycles. The van der Waals surface area contributed by atoms with Crippen LogP contribution in [0.2, 0.25) is 10.0 Å². The smallest absolute Gasteiger partial charge is 0.227 e. The van der Waals surface area contributed by atoms with Gasteiger partial charge in [0.2, 0.25) is 5.91 Å². The van der Waals surface area contributed by atoms with Crippen LogP contribution in [-0.4, -0.2) is 41.1 Å². The molecule has 0 aliphatic heterocycles. The van der Waals surface area contributed by atoms with Crippen LogP contribution in [0.5, 0.6) is 5.75 Å². The van der Waals surface area contributed by atoms with Crippen molar-refractivity contribution in [3.05, 3.63) is 57.8 Å². The second kappa shape index (κ2) is 9.76. The lowest BCUT2D eigenvalue weighted by Crippen LogP contribution is -2.36. The van der Waals surface area contributed by atoms with E-state index < -0.39 is 6.10 Å². The van der Waals surface area contributed by atoms with Crippen LogP contribution >= 0.6 is 23.2 Å². The van der Waals surface area contributed by atoms with Gasteiger partial charge in [0.25, 0.3) is 0 Å². The maximum absolute atomic E-state index is 12.7. The van der Waals surface area contributed by atoms with Gasteiger partial charge < -0.3 is 14.7 Å². The Morgan fingerprint density at radius 2 is 2.08 bits per heavy atom. The molecule has 1 N–H and O–H groups in total. The van der Waals surface area contributed by atoms with E-state index in [0.717, 1.165) is 12.0 Å². The molecule has 0 bridgehead atoms. The SMILES string of the molecule is CCCN(CC(O)c1cnccc1OC)C(=O)Cc1ccc(Cl)c(Cl)c1. The monoisotopic (exact) mass is 396 g/mol. The zero-order valence-electron chi connectivity index (χ0n) is 14.8. The number of ether oxygens (including phenoxy) is 1. The van der Waals surface area contributed by atoms with E-state index in [1.54, 1.807) is 41.6 Å². The number of aromatic nitrogens is 1. The number of aliphatic hydroxyl groups excluding tert-OH is 1. The Bertz CT molecular complexity index is 755. The van der Waals surface area contributed by atoms with Gasteiger partial charge in [-0.05, 0) is 30.2 Å². The number of benzene rings is 1. The minimum Gasteiger partial charge on any atom is -0.496 e. The largest absolute Gasteiger partial charge is 0.496 e. The summed E-state index contributed by atoms with van der Waals surface area (Å²) in [7, 11) is 1.53. The molecule has 2 aromatic rings. The summed E-state index contributed by atoms with van der Waals surface area (Å²) in [5.74, 6) is 0.452. The Hall–Kier alpha value is -1.82. The van der Waals surface area contributed by atoms with Crippen LogP contribution in [0.25, 0.3) is 0 Å². The summed E-state index contributed by atoms with van der Waals surface area (Å²) >= 11 is 11.9. The Morgan fingerprint density at radius 3 is 2.73 bits per heavy atom. The number of carbonyl (C=O) groups excluding carboxylic acids is 1. The molecule has 1 amide bonds. The first-order valence-corrected chi connectivity index (χ1v) is 9.09. The van der Waals surface area contributed by atoms with Gasteiger partial charge in [0.05, 0.1) is 30.1 Å². The molecule has 7 heteroatoms. The van der Waals surface area contributed by atoms with Crippen molar-refractivity contribution in [2.75, 3.05) is 20.2 Å². The highest BCUT2D eigenvalue weighted by atomic mass is 35.5. The van der Waals surface area contributed by atoms with E-state index in [4.69, 9.17) is 27.9 Å². The lowest BCUT2D eigenvalue weighted by molar-refractivity contribution is -0.132. The number of rotatable bonds is 8. The molecule has 2 rings (SSSR count). The van der Waals surface area contributed by atoms with Crippen molar-refractivity contribution in [3.8, 4) is 5.75 Å². The van der Waals surface area contributed by atoms with Gasteiger partial charge in [0, 0.05) is 24.5 Å². The van der Waals surface area contributed by atoms with Gasteiger partial charge in [-0.1, -0.05) is 36.2 Å². The first-order chi connectivity index (χ1) is 12.5. The second-order valence-electron chi connectivity index (χ2n) is 5.90. The molecule has 0 aliphatic carbocycles. The quantitative estimate of drug-likeness (QED) is 0.734. The average molecular weight is 397 g/mol. The van der Waals surface area contributed by atoms with E-state index in [1.165, 1.54) is 7.11 Å². The van der Waals surface area contributed by atoms with Crippen LogP contribution in [0.1, 0.15) is 30.6 Å². The third kappa shape index (κ3) is 5.34. The topological polar surface area (TPSA) is 62.7 Å². The predicted molar refractivity (Wildman–Crippen MR) is 103 cm³/mol. The van der Waals surface area contributed by atoms with Gasteiger partial charge >= 0.3 is 0 Å². The average Bonchev–Trinajstić information content (AvgIpc) is 2.64. The summed E-state index contributed by atoms with van der Waals surface area (Å²) in [5.41, 5.74) is 1.33. The van der Waals surface area contributed by atoms with Crippen molar-refractivity contribution in [1.29, 1.82) is 0 Å². The standard InChI is InChI=1S/C19H22Cl2N2O3/c1-3-8-23(12-17(24)14-11-22-7-6-18(14)26-2)19(25)10-13-4-5-15(20)16(21)9-13/h4-7,9,11,17,24H,3,8,10,12H2,1-2H3. The number of carbonyl (C=O) groups is 1. The lowest BCUT2D eigenvalue weighted by Gasteiger charge is -2.26. The van der Waals surface area contributed by atoms with Crippen molar-refractivity contribution in [2.24, 2.45) is 0 Å². The van der Waals surface area contributed by atoms with Crippen LogP contribution < -0.4 is 4.74 Å². The minimum absolute atomic E-state index is 0.0906. The van der Waals surface area contributed by atoms with Crippen molar-refractivity contribution in [2.45, 2.75) is 25.9 Å². The van der Waals surface area contributed by atoms with Gasteiger partial charge in [-0.15, -0.1) is 0 Å². The number of pyridine rings is 1. The van der Waals surface area contributed by atoms with E-state index >= 15 is 0 Å². The molecular weight excluding hydrogens is 375 g/mol. The van der Waals surface area contributed by atoms with E-state index in [2.05, 4.69) is 4.98 Å². The highest BCUT2D eigenvalue weighted by Gasteiger charge is 2.21. The molecule has 26 heavy (non-hydrogen) atoms. The van der Waals surface area contributed by atoms with Gasteiger partial charge in [-0.3, -0.25) is 9.78 Å². The fourth-order valence-corrected chi connectivity index (χ4v) is 2.98. The number of halogens is 2. The van der Waals surface area contributed by atoms with Crippen LogP contribution in [0.4, 0.5) is 0 Å². The first-order valence-electron chi connectivity index (χ1n) is 8.33. The second-order valence-corrected chi connectivity index (χ2v) is 6.71. The Morgan fingerprint density at radius 1 is 1.31 bits per heavy atom. The maximum atomic E-state index is 12.7. The predicted octanol–water partition coefficient (Wildman–Crippen LogP) is 3.91. The Kier molecular flexibility index (Phi) is 7.69. The summed E-state index contributed by atoms with van der Waals surface area (Å²) in [5, 5.41) is 11.4. The van der Waals surface area contributed by atoms with E-state index in [0.29, 0.717) is 27.9 Å². The van der Waals surface area contributed by atoms with Crippen LogP contribution in [0.3, 0.4) is 0 Å². The summed E-state index contributed by atoms with van der Waals surface area (Å²) < 4.78 is 5.26. The van der Waals surface area contributed by atoms with E-state index in [1.807, 2.05) is 6.92 Å². The molecule has 0 aliphatic rings. The molecule has 1 aromatic carbocycles. The lowest BCUT2D eigenvalue weighted by atomic mass is 10.1. The zero-order chi connectivity index (χ0) is 19.1. The Labute approximate surface area is 163 Å². The van der Waals surface area contributed by atoms with Gasteiger partial charge in [0.1, 0.15) is 11.9 Å².